The largest absolute Gasteiger partial charge is 0.339 e. The van der Waals surface area contributed by atoms with Gasteiger partial charge >= 0.3 is 0 Å². The first-order valence-electron chi connectivity index (χ1n) is 6.24. The Morgan fingerprint density at radius 1 is 1.11 bits per heavy atom. The van der Waals surface area contributed by atoms with Crippen molar-refractivity contribution >= 4 is 5.91 Å². The first-order chi connectivity index (χ1) is 8.84. The van der Waals surface area contributed by atoms with Crippen molar-refractivity contribution in [3.63, 3.8) is 0 Å². The van der Waals surface area contributed by atoms with Crippen LogP contribution < -0.4 is 0 Å². The van der Waals surface area contributed by atoms with Crippen molar-refractivity contribution in [3.8, 4) is 5.69 Å². The van der Waals surface area contributed by atoms with E-state index < -0.39 is 0 Å². The number of hydrogen-bond donors (Lipinski definition) is 0. The fraction of sp³-hybridized carbons (Fsp3) is 0.286. The van der Waals surface area contributed by atoms with E-state index in [0.29, 0.717) is 0 Å². The van der Waals surface area contributed by atoms with Crippen LogP contribution in [0.4, 0.5) is 0 Å². The number of aromatic nitrogens is 2. The molecule has 0 saturated carbocycles. The Morgan fingerprint density at radius 3 is 2.44 bits per heavy atom. The maximum absolute atomic E-state index is 12.1. The molecule has 92 valence electrons. The molecule has 1 aromatic carbocycles. The summed E-state index contributed by atoms with van der Waals surface area (Å²) in [5, 5.41) is 4.16. The van der Waals surface area contributed by atoms with Crippen molar-refractivity contribution in [3.05, 3.63) is 48.3 Å². The van der Waals surface area contributed by atoms with Crippen LogP contribution in [0.2, 0.25) is 0 Å². The molecule has 1 aliphatic heterocycles. The SMILES string of the molecule is O=C(c1ccc(-n2cccn2)cc1)N1CCCC1. The van der Waals surface area contributed by atoms with Crippen LogP contribution in [0, 0.1) is 0 Å². The van der Waals surface area contributed by atoms with Gasteiger partial charge in [-0.2, -0.15) is 5.10 Å². The third-order valence-electron chi connectivity index (χ3n) is 3.28. The van der Waals surface area contributed by atoms with Crippen molar-refractivity contribution in [2.75, 3.05) is 13.1 Å². The third kappa shape index (κ3) is 2.01. The van der Waals surface area contributed by atoms with E-state index in [-0.39, 0.29) is 5.91 Å². The monoisotopic (exact) mass is 241 g/mol. The molecule has 0 spiro atoms. The number of likely N-dealkylation sites (tertiary alicyclic amines) is 1. The van der Waals surface area contributed by atoms with Gasteiger partial charge in [-0.3, -0.25) is 4.79 Å². The van der Waals surface area contributed by atoms with E-state index in [1.807, 2.05) is 41.4 Å². The lowest BCUT2D eigenvalue weighted by Gasteiger charge is -2.15. The molecule has 2 aromatic rings. The van der Waals surface area contributed by atoms with E-state index in [1.165, 1.54) is 0 Å². The van der Waals surface area contributed by atoms with Crippen LogP contribution in [0.25, 0.3) is 5.69 Å². The average Bonchev–Trinajstić information content (AvgIpc) is 3.11. The van der Waals surface area contributed by atoms with Crippen LogP contribution in [-0.4, -0.2) is 33.7 Å². The predicted octanol–water partition coefficient (Wildman–Crippen LogP) is 2.11. The number of hydrogen-bond acceptors (Lipinski definition) is 2. The van der Waals surface area contributed by atoms with Gasteiger partial charge in [-0.1, -0.05) is 0 Å². The number of carbonyl (C=O) groups excluding carboxylic acids is 1. The van der Waals surface area contributed by atoms with Gasteiger partial charge < -0.3 is 4.90 Å². The van der Waals surface area contributed by atoms with Crippen LogP contribution >= 0.6 is 0 Å². The first-order valence-corrected chi connectivity index (χ1v) is 6.24. The molecule has 0 bridgehead atoms. The van der Waals surface area contributed by atoms with Crippen molar-refractivity contribution < 1.29 is 4.79 Å². The molecule has 2 heterocycles. The Bertz CT molecular complexity index is 525. The molecule has 0 unspecified atom stereocenters. The van der Waals surface area contributed by atoms with Crippen LogP contribution in [-0.2, 0) is 0 Å². The normalized spacial score (nSPS) is 15.0. The van der Waals surface area contributed by atoms with Crippen LogP contribution in [0.3, 0.4) is 0 Å². The Hall–Kier alpha value is -2.10. The quantitative estimate of drug-likeness (QED) is 0.807. The summed E-state index contributed by atoms with van der Waals surface area (Å²) >= 11 is 0. The van der Waals surface area contributed by atoms with Crippen LogP contribution in [0.5, 0.6) is 0 Å². The highest BCUT2D eigenvalue weighted by atomic mass is 16.2. The molecule has 4 heteroatoms. The summed E-state index contributed by atoms with van der Waals surface area (Å²) < 4.78 is 1.78. The van der Waals surface area contributed by atoms with E-state index in [1.54, 1.807) is 10.9 Å². The lowest BCUT2D eigenvalue weighted by atomic mass is 10.2. The highest BCUT2D eigenvalue weighted by Gasteiger charge is 2.19. The fourth-order valence-corrected chi connectivity index (χ4v) is 2.28. The summed E-state index contributed by atoms with van der Waals surface area (Å²) in [5.41, 5.74) is 1.73. The summed E-state index contributed by atoms with van der Waals surface area (Å²) in [5.74, 6) is 0.138. The van der Waals surface area contributed by atoms with Gasteiger partial charge in [0.1, 0.15) is 0 Å². The smallest absolute Gasteiger partial charge is 0.253 e. The number of nitrogens with zero attached hydrogens (tertiary/aromatic N) is 3. The van der Waals surface area contributed by atoms with Gasteiger partial charge in [0.2, 0.25) is 0 Å². The Balaban J connectivity index is 1.80. The minimum absolute atomic E-state index is 0.138. The van der Waals surface area contributed by atoms with Crippen molar-refractivity contribution in [2.45, 2.75) is 12.8 Å². The average molecular weight is 241 g/mol. The molecule has 1 aliphatic rings. The predicted molar refractivity (Wildman–Crippen MR) is 68.7 cm³/mol. The summed E-state index contributed by atoms with van der Waals surface area (Å²) in [4.78, 5) is 14.1. The minimum atomic E-state index is 0.138. The van der Waals surface area contributed by atoms with Crippen molar-refractivity contribution in [2.24, 2.45) is 0 Å². The van der Waals surface area contributed by atoms with E-state index >= 15 is 0 Å². The molecule has 1 saturated heterocycles. The zero-order chi connectivity index (χ0) is 12.4. The second kappa shape index (κ2) is 4.64. The summed E-state index contributed by atoms with van der Waals surface area (Å²) in [7, 11) is 0. The zero-order valence-electron chi connectivity index (χ0n) is 10.1. The Labute approximate surface area is 106 Å². The third-order valence-corrected chi connectivity index (χ3v) is 3.28. The topological polar surface area (TPSA) is 38.1 Å². The molecule has 0 radical (unpaired) electrons. The summed E-state index contributed by atoms with van der Waals surface area (Å²) in [6, 6.07) is 9.48. The van der Waals surface area contributed by atoms with E-state index in [0.717, 1.165) is 37.2 Å². The van der Waals surface area contributed by atoms with E-state index in [4.69, 9.17) is 0 Å². The van der Waals surface area contributed by atoms with Crippen molar-refractivity contribution in [1.29, 1.82) is 0 Å². The second-order valence-corrected chi connectivity index (χ2v) is 4.50. The van der Waals surface area contributed by atoms with Crippen LogP contribution in [0.1, 0.15) is 23.2 Å². The number of amides is 1. The van der Waals surface area contributed by atoms with Gasteiger partial charge in [0.05, 0.1) is 5.69 Å². The van der Waals surface area contributed by atoms with Gasteiger partial charge in [-0.25, -0.2) is 4.68 Å². The molecule has 1 fully saturated rings. The molecule has 0 atom stereocenters. The molecular weight excluding hydrogens is 226 g/mol. The molecular formula is C14H15N3O. The van der Waals surface area contributed by atoms with Gasteiger partial charge in [-0.05, 0) is 43.2 Å². The molecule has 0 N–H and O–H groups in total. The summed E-state index contributed by atoms with van der Waals surface area (Å²) in [6.07, 6.45) is 5.87. The highest BCUT2D eigenvalue weighted by Crippen LogP contribution is 2.14. The van der Waals surface area contributed by atoms with E-state index in [9.17, 15) is 4.79 Å². The number of carbonyl (C=O) groups is 1. The lowest BCUT2D eigenvalue weighted by molar-refractivity contribution is 0.0793. The molecule has 4 nitrogen and oxygen atoms in total. The maximum atomic E-state index is 12.1. The van der Waals surface area contributed by atoms with Crippen molar-refractivity contribution in [1.82, 2.24) is 14.7 Å². The standard InChI is InChI=1S/C14H15N3O/c18-14(16-9-1-2-10-16)12-4-6-13(7-5-12)17-11-3-8-15-17/h3-8,11H,1-2,9-10H2. The Kier molecular flexibility index (Phi) is 2.84. The highest BCUT2D eigenvalue weighted by molar-refractivity contribution is 5.94. The zero-order valence-corrected chi connectivity index (χ0v) is 10.1. The Morgan fingerprint density at radius 2 is 1.83 bits per heavy atom. The molecule has 18 heavy (non-hydrogen) atoms. The lowest BCUT2D eigenvalue weighted by Crippen LogP contribution is -2.27. The molecule has 3 rings (SSSR count). The fourth-order valence-electron chi connectivity index (χ4n) is 2.28. The van der Waals surface area contributed by atoms with Gasteiger partial charge in [0.15, 0.2) is 0 Å². The minimum Gasteiger partial charge on any atom is -0.339 e. The van der Waals surface area contributed by atoms with Gasteiger partial charge in [-0.15, -0.1) is 0 Å². The van der Waals surface area contributed by atoms with Gasteiger partial charge in [0.25, 0.3) is 5.91 Å². The molecule has 0 aliphatic carbocycles. The van der Waals surface area contributed by atoms with E-state index in [2.05, 4.69) is 5.10 Å². The van der Waals surface area contributed by atoms with Gasteiger partial charge in [0, 0.05) is 31.0 Å². The first kappa shape index (κ1) is 11.0. The number of benzene rings is 1. The molecule has 1 aromatic heterocycles. The summed E-state index contributed by atoms with van der Waals surface area (Å²) in [6.45, 7) is 1.78. The second-order valence-electron chi connectivity index (χ2n) is 4.50. The van der Waals surface area contributed by atoms with Crippen LogP contribution in [0.15, 0.2) is 42.7 Å². The maximum Gasteiger partial charge on any atom is 0.253 e. The number of rotatable bonds is 2. The molecule has 1 amide bonds.